The van der Waals surface area contributed by atoms with Gasteiger partial charge in [-0.1, -0.05) is 11.6 Å². The van der Waals surface area contributed by atoms with Gasteiger partial charge in [0.05, 0.1) is 16.8 Å². The number of halogens is 3. The van der Waals surface area contributed by atoms with Crippen LogP contribution in [0.15, 0.2) is 18.2 Å². The minimum atomic E-state index is -2.40. The van der Waals surface area contributed by atoms with Crippen molar-refractivity contribution in [2.45, 2.75) is 19.4 Å². The molecular formula is C11H15ClF2N2. The molecule has 0 amide bonds. The van der Waals surface area contributed by atoms with E-state index in [-0.39, 0.29) is 0 Å². The fourth-order valence-electron chi connectivity index (χ4n) is 1.29. The van der Waals surface area contributed by atoms with Gasteiger partial charge in [-0.3, -0.25) is 0 Å². The van der Waals surface area contributed by atoms with Gasteiger partial charge in [-0.2, -0.15) is 0 Å². The third-order valence-corrected chi connectivity index (χ3v) is 2.50. The minimum absolute atomic E-state index is 0.538. The summed E-state index contributed by atoms with van der Waals surface area (Å²) in [6.45, 7) is 1.43. The average molecular weight is 249 g/mol. The molecule has 90 valence electrons. The van der Waals surface area contributed by atoms with Crippen LogP contribution in [-0.4, -0.2) is 26.6 Å². The van der Waals surface area contributed by atoms with Gasteiger partial charge in [-0.25, -0.2) is 8.78 Å². The Morgan fingerprint density at radius 3 is 2.38 bits per heavy atom. The lowest BCUT2D eigenvalue weighted by Crippen LogP contribution is -2.23. The van der Waals surface area contributed by atoms with Gasteiger partial charge in [0, 0.05) is 19.8 Å². The van der Waals surface area contributed by atoms with Gasteiger partial charge in [0.2, 0.25) is 0 Å². The summed E-state index contributed by atoms with van der Waals surface area (Å²) < 4.78 is 24.6. The van der Waals surface area contributed by atoms with Crippen molar-refractivity contribution in [3.8, 4) is 0 Å². The second-order valence-corrected chi connectivity index (χ2v) is 4.24. The smallest absolute Gasteiger partial charge is 0.258 e. The quantitative estimate of drug-likeness (QED) is 0.878. The second-order valence-electron chi connectivity index (χ2n) is 3.83. The highest BCUT2D eigenvalue weighted by molar-refractivity contribution is 6.33. The van der Waals surface area contributed by atoms with Gasteiger partial charge in [-0.15, -0.1) is 0 Å². The molecule has 1 rings (SSSR count). The molecule has 0 spiro atoms. The molecule has 0 radical (unpaired) electrons. The van der Waals surface area contributed by atoms with Crippen LogP contribution in [0.1, 0.15) is 6.92 Å². The normalized spacial score (nSPS) is 12.7. The molecular weight excluding hydrogens is 234 g/mol. The Kier molecular flexibility index (Phi) is 4.35. The highest BCUT2D eigenvalue weighted by atomic mass is 35.5. The van der Waals surface area contributed by atoms with Gasteiger partial charge in [0.15, 0.2) is 0 Å². The van der Waals surface area contributed by atoms with E-state index in [9.17, 15) is 8.78 Å². The fourth-order valence-corrected chi connectivity index (χ4v) is 1.63. The summed E-state index contributed by atoms with van der Waals surface area (Å²) in [6.07, 6.45) is -2.40. The van der Waals surface area contributed by atoms with E-state index >= 15 is 0 Å². The first-order chi connectivity index (χ1) is 7.41. The first-order valence-corrected chi connectivity index (χ1v) is 5.31. The number of benzene rings is 1. The predicted octanol–water partition coefficient (Wildman–Crippen LogP) is 3.47. The highest BCUT2D eigenvalue weighted by Crippen LogP contribution is 2.27. The lowest BCUT2D eigenvalue weighted by Gasteiger charge is -2.18. The number of rotatable bonds is 4. The Balaban J connectivity index is 2.81. The summed E-state index contributed by atoms with van der Waals surface area (Å²) in [7, 11) is 3.74. The number of hydrogen-bond acceptors (Lipinski definition) is 2. The Hall–Kier alpha value is -1.03. The average Bonchev–Trinajstić information content (AvgIpc) is 2.16. The lowest BCUT2D eigenvalue weighted by atomic mass is 10.2. The van der Waals surface area contributed by atoms with Crippen LogP contribution in [0, 0.1) is 0 Å². The first-order valence-electron chi connectivity index (χ1n) is 4.93. The maximum absolute atomic E-state index is 12.3. The van der Waals surface area contributed by atoms with Crippen molar-refractivity contribution < 1.29 is 8.78 Å². The van der Waals surface area contributed by atoms with Crippen molar-refractivity contribution in [1.82, 2.24) is 0 Å². The van der Waals surface area contributed by atoms with Gasteiger partial charge >= 0.3 is 0 Å². The van der Waals surface area contributed by atoms with Crippen molar-refractivity contribution in [2.75, 3.05) is 24.3 Å². The largest absolute Gasteiger partial charge is 0.377 e. The molecule has 0 fully saturated rings. The van der Waals surface area contributed by atoms with E-state index < -0.39 is 12.5 Å². The van der Waals surface area contributed by atoms with Crippen LogP contribution >= 0.6 is 11.6 Å². The van der Waals surface area contributed by atoms with Crippen molar-refractivity contribution >= 4 is 23.0 Å². The summed E-state index contributed by atoms with van der Waals surface area (Å²) in [4.78, 5) is 1.86. The molecule has 5 heteroatoms. The van der Waals surface area contributed by atoms with E-state index in [2.05, 4.69) is 5.32 Å². The molecule has 0 aliphatic heterocycles. The van der Waals surface area contributed by atoms with Gasteiger partial charge < -0.3 is 10.2 Å². The Morgan fingerprint density at radius 2 is 1.94 bits per heavy atom. The Bertz CT molecular complexity index is 356. The molecule has 0 aromatic heterocycles. The van der Waals surface area contributed by atoms with Crippen LogP contribution in [-0.2, 0) is 0 Å². The molecule has 0 aliphatic rings. The fraction of sp³-hybridized carbons (Fsp3) is 0.455. The van der Waals surface area contributed by atoms with Gasteiger partial charge in [-0.05, 0) is 25.1 Å². The SMILES string of the molecule is CC(Nc1ccc(N(C)C)c(Cl)c1)C(F)F. The predicted molar refractivity (Wildman–Crippen MR) is 64.9 cm³/mol. The number of hydrogen-bond donors (Lipinski definition) is 1. The van der Waals surface area contributed by atoms with Crippen molar-refractivity contribution in [3.63, 3.8) is 0 Å². The first kappa shape index (κ1) is 13.0. The standard InChI is InChI=1S/C11H15ClF2N2/c1-7(11(13)14)15-8-4-5-10(16(2)3)9(12)6-8/h4-7,11,15H,1-3H3. The van der Waals surface area contributed by atoms with E-state index in [0.717, 1.165) is 5.69 Å². The molecule has 0 heterocycles. The molecule has 0 saturated carbocycles. The molecule has 16 heavy (non-hydrogen) atoms. The molecule has 0 saturated heterocycles. The number of nitrogens with zero attached hydrogens (tertiary/aromatic N) is 1. The van der Waals surface area contributed by atoms with Crippen LogP contribution in [0.25, 0.3) is 0 Å². The number of anilines is 2. The van der Waals surface area contributed by atoms with Gasteiger partial charge in [0.25, 0.3) is 6.43 Å². The van der Waals surface area contributed by atoms with Crippen LogP contribution in [0.5, 0.6) is 0 Å². The van der Waals surface area contributed by atoms with Crippen molar-refractivity contribution in [1.29, 1.82) is 0 Å². The second kappa shape index (κ2) is 5.34. The lowest BCUT2D eigenvalue weighted by molar-refractivity contribution is 0.131. The molecule has 1 unspecified atom stereocenters. The zero-order valence-electron chi connectivity index (χ0n) is 9.47. The van der Waals surface area contributed by atoms with Crippen LogP contribution in [0.4, 0.5) is 20.2 Å². The molecule has 1 aromatic rings. The van der Waals surface area contributed by atoms with Crippen molar-refractivity contribution in [3.05, 3.63) is 23.2 Å². The summed E-state index contributed by atoms with van der Waals surface area (Å²) in [5.41, 5.74) is 1.46. The highest BCUT2D eigenvalue weighted by Gasteiger charge is 2.14. The van der Waals surface area contributed by atoms with Crippen LogP contribution < -0.4 is 10.2 Å². The molecule has 0 aliphatic carbocycles. The van der Waals surface area contributed by atoms with Crippen molar-refractivity contribution in [2.24, 2.45) is 0 Å². The molecule has 0 bridgehead atoms. The summed E-state index contributed by atoms with van der Waals surface area (Å²) in [5, 5.41) is 3.23. The molecule has 2 nitrogen and oxygen atoms in total. The Labute approximate surface area is 99.2 Å². The van der Waals surface area contributed by atoms with Crippen LogP contribution in [0.3, 0.4) is 0 Å². The summed E-state index contributed by atoms with van der Waals surface area (Å²) in [5.74, 6) is 0. The number of alkyl halides is 2. The van der Waals surface area contributed by atoms with E-state index in [1.807, 2.05) is 19.0 Å². The molecule has 1 aromatic carbocycles. The van der Waals surface area contributed by atoms with E-state index in [1.165, 1.54) is 6.92 Å². The molecule has 1 atom stereocenters. The topological polar surface area (TPSA) is 15.3 Å². The number of nitrogens with one attached hydrogen (secondary N) is 1. The third-order valence-electron chi connectivity index (χ3n) is 2.20. The monoisotopic (exact) mass is 248 g/mol. The van der Waals surface area contributed by atoms with Crippen LogP contribution in [0.2, 0.25) is 5.02 Å². The summed E-state index contributed by atoms with van der Waals surface area (Å²) >= 11 is 6.02. The zero-order chi connectivity index (χ0) is 12.3. The summed E-state index contributed by atoms with van der Waals surface area (Å²) in [6, 6.07) is 4.29. The van der Waals surface area contributed by atoms with E-state index in [0.29, 0.717) is 10.7 Å². The molecule has 1 N–H and O–H groups in total. The van der Waals surface area contributed by atoms with E-state index in [1.54, 1.807) is 18.2 Å². The minimum Gasteiger partial charge on any atom is -0.377 e. The van der Waals surface area contributed by atoms with Gasteiger partial charge in [0.1, 0.15) is 0 Å². The third kappa shape index (κ3) is 3.23. The maximum atomic E-state index is 12.3. The van der Waals surface area contributed by atoms with E-state index in [4.69, 9.17) is 11.6 Å². The Morgan fingerprint density at radius 1 is 1.31 bits per heavy atom. The maximum Gasteiger partial charge on any atom is 0.258 e. The zero-order valence-corrected chi connectivity index (χ0v) is 10.2.